The van der Waals surface area contributed by atoms with E-state index in [4.69, 9.17) is 5.73 Å². The highest BCUT2D eigenvalue weighted by Crippen LogP contribution is 2.09. The van der Waals surface area contributed by atoms with Crippen molar-refractivity contribution in [2.75, 3.05) is 6.54 Å². The summed E-state index contributed by atoms with van der Waals surface area (Å²) in [5.41, 5.74) is 5.10. The molecule has 4 nitrogen and oxygen atoms in total. The van der Waals surface area contributed by atoms with Gasteiger partial charge in [0.05, 0.1) is 0 Å². The molecule has 136 valence electrons. The van der Waals surface area contributed by atoms with Gasteiger partial charge in [-0.25, -0.2) is 0 Å². The van der Waals surface area contributed by atoms with Crippen LogP contribution in [0.1, 0.15) is 103 Å². The Bertz CT molecular complexity index is 293. The van der Waals surface area contributed by atoms with Crippen LogP contribution in [0, 0.1) is 0 Å². The lowest BCUT2D eigenvalue weighted by atomic mass is 10.1. The molecule has 0 heterocycles. The Morgan fingerprint density at radius 1 is 0.696 bits per heavy atom. The Balaban J connectivity index is 3.14. The first-order valence-electron chi connectivity index (χ1n) is 9.71. The van der Waals surface area contributed by atoms with Crippen molar-refractivity contribution in [1.82, 2.24) is 5.32 Å². The number of rotatable bonds is 17. The summed E-state index contributed by atoms with van der Waals surface area (Å²) in [6.07, 6.45) is 16.5. The molecule has 0 radical (unpaired) electrons. The summed E-state index contributed by atoms with van der Waals surface area (Å²) in [5, 5.41) is 3.02. The average Bonchev–Trinajstić information content (AvgIpc) is 2.52. The summed E-state index contributed by atoms with van der Waals surface area (Å²) in [6, 6.07) is 0. The van der Waals surface area contributed by atoms with Crippen molar-refractivity contribution >= 4 is 11.8 Å². The Hall–Kier alpha value is -1.06. The van der Waals surface area contributed by atoms with E-state index in [9.17, 15) is 9.59 Å². The molecule has 0 bridgehead atoms. The number of amides is 2. The molecule has 0 saturated carbocycles. The van der Waals surface area contributed by atoms with E-state index in [1.807, 2.05) is 0 Å². The molecule has 0 fully saturated rings. The van der Waals surface area contributed by atoms with Gasteiger partial charge in [0.2, 0.25) is 11.8 Å². The summed E-state index contributed by atoms with van der Waals surface area (Å²) in [6.45, 7) is 3.03. The standard InChI is InChI=1S/C19H38N2O2/c1-2-3-4-9-13-16-19(23)21-17-14-11-8-6-5-7-10-12-15-18(20)22/h2-17H2,1H3,(H2,20,22)(H,21,23). The fourth-order valence-electron chi connectivity index (χ4n) is 2.69. The van der Waals surface area contributed by atoms with E-state index in [1.165, 1.54) is 57.8 Å². The summed E-state index contributed by atoms with van der Waals surface area (Å²) in [4.78, 5) is 22.2. The van der Waals surface area contributed by atoms with E-state index in [-0.39, 0.29) is 11.8 Å². The highest BCUT2D eigenvalue weighted by Gasteiger charge is 2.00. The molecule has 0 aliphatic rings. The Morgan fingerprint density at radius 3 is 1.74 bits per heavy atom. The molecule has 3 N–H and O–H groups in total. The molecule has 0 aromatic carbocycles. The number of carbonyl (C=O) groups is 2. The van der Waals surface area contributed by atoms with Crippen LogP contribution in [-0.2, 0) is 9.59 Å². The molecule has 0 atom stereocenters. The van der Waals surface area contributed by atoms with Crippen LogP contribution in [0.15, 0.2) is 0 Å². The van der Waals surface area contributed by atoms with E-state index in [0.29, 0.717) is 12.8 Å². The van der Waals surface area contributed by atoms with E-state index >= 15 is 0 Å². The second-order valence-electron chi connectivity index (χ2n) is 6.56. The second-order valence-corrected chi connectivity index (χ2v) is 6.56. The fourth-order valence-corrected chi connectivity index (χ4v) is 2.69. The van der Waals surface area contributed by atoms with Crippen LogP contribution in [0.2, 0.25) is 0 Å². The first-order chi connectivity index (χ1) is 11.2. The average molecular weight is 327 g/mol. The van der Waals surface area contributed by atoms with Gasteiger partial charge < -0.3 is 11.1 Å². The summed E-state index contributed by atoms with van der Waals surface area (Å²) < 4.78 is 0. The minimum atomic E-state index is -0.187. The molecular weight excluding hydrogens is 288 g/mol. The monoisotopic (exact) mass is 326 g/mol. The molecule has 2 amide bonds. The van der Waals surface area contributed by atoms with Gasteiger partial charge in [-0.3, -0.25) is 9.59 Å². The number of nitrogens with two attached hydrogens (primary N) is 1. The van der Waals surface area contributed by atoms with E-state index in [1.54, 1.807) is 0 Å². The largest absolute Gasteiger partial charge is 0.370 e. The molecule has 0 spiro atoms. The van der Waals surface area contributed by atoms with Crippen molar-refractivity contribution < 1.29 is 9.59 Å². The predicted molar refractivity (Wildman–Crippen MR) is 97.1 cm³/mol. The second kappa shape index (κ2) is 17.3. The Morgan fingerprint density at radius 2 is 1.17 bits per heavy atom. The van der Waals surface area contributed by atoms with Crippen molar-refractivity contribution in [3.05, 3.63) is 0 Å². The van der Waals surface area contributed by atoms with Crippen LogP contribution in [0.5, 0.6) is 0 Å². The maximum Gasteiger partial charge on any atom is 0.219 e. The minimum Gasteiger partial charge on any atom is -0.370 e. The smallest absolute Gasteiger partial charge is 0.219 e. The van der Waals surface area contributed by atoms with Crippen molar-refractivity contribution in [2.24, 2.45) is 5.73 Å². The van der Waals surface area contributed by atoms with E-state index in [0.717, 1.165) is 32.2 Å². The lowest BCUT2D eigenvalue weighted by Crippen LogP contribution is -2.23. The third-order valence-corrected chi connectivity index (χ3v) is 4.18. The van der Waals surface area contributed by atoms with Gasteiger partial charge in [0, 0.05) is 19.4 Å². The number of carbonyl (C=O) groups excluding carboxylic acids is 2. The molecule has 0 unspecified atom stereocenters. The molecular formula is C19H38N2O2. The molecule has 0 aliphatic heterocycles. The summed E-state index contributed by atoms with van der Waals surface area (Å²) in [7, 11) is 0. The predicted octanol–water partition coefficient (Wildman–Crippen LogP) is 4.46. The number of hydrogen-bond donors (Lipinski definition) is 2. The van der Waals surface area contributed by atoms with Crippen molar-refractivity contribution in [1.29, 1.82) is 0 Å². The van der Waals surface area contributed by atoms with Gasteiger partial charge in [0.15, 0.2) is 0 Å². The van der Waals surface area contributed by atoms with Crippen LogP contribution >= 0.6 is 0 Å². The third kappa shape index (κ3) is 18.9. The van der Waals surface area contributed by atoms with Gasteiger partial charge in [-0.05, 0) is 19.3 Å². The van der Waals surface area contributed by atoms with E-state index in [2.05, 4.69) is 12.2 Å². The quantitative estimate of drug-likeness (QED) is 0.387. The zero-order valence-corrected chi connectivity index (χ0v) is 15.2. The van der Waals surface area contributed by atoms with Crippen molar-refractivity contribution in [2.45, 2.75) is 103 Å². The van der Waals surface area contributed by atoms with E-state index < -0.39 is 0 Å². The number of nitrogens with one attached hydrogen (secondary N) is 1. The van der Waals surface area contributed by atoms with Gasteiger partial charge in [-0.15, -0.1) is 0 Å². The van der Waals surface area contributed by atoms with Gasteiger partial charge in [-0.2, -0.15) is 0 Å². The van der Waals surface area contributed by atoms with Crippen LogP contribution in [0.4, 0.5) is 0 Å². The topological polar surface area (TPSA) is 72.2 Å². The van der Waals surface area contributed by atoms with Gasteiger partial charge in [0.25, 0.3) is 0 Å². The SMILES string of the molecule is CCCCCCCC(=O)NCCCCCCCCCCC(N)=O. The zero-order chi connectivity index (χ0) is 17.2. The Kier molecular flexibility index (Phi) is 16.5. The lowest BCUT2D eigenvalue weighted by Gasteiger charge is -2.05. The maximum absolute atomic E-state index is 11.6. The number of hydrogen-bond acceptors (Lipinski definition) is 2. The highest BCUT2D eigenvalue weighted by atomic mass is 16.1. The van der Waals surface area contributed by atoms with Crippen molar-refractivity contribution in [3.63, 3.8) is 0 Å². The van der Waals surface area contributed by atoms with Crippen LogP contribution in [0.25, 0.3) is 0 Å². The van der Waals surface area contributed by atoms with Gasteiger partial charge in [0.1, 0.15) is 0 Å². The molecule has 23 heavy (non-hydrogen) atoms. The normalized spacial score (nSPS) is 10.7. The molecule has 0 aromatic rings. The first kappa shape index (κ1) is 21.9. The van der Waals surface area contributed by atoms with Crippen LogP contribution < -0.4 is 11.1 Å². The highest BCUT2D eigenvalue weighted by molar-refractivity contribution is 5.75. The van der Waals surface area contributed by atoms with Crippen LogP contribution in [-0.4, -0.2) is 18.4 Å². The van der Waals surface area contributed by atoms with Gasteiger partial charge in [-0.1, -0.05) is 71.1 Å². The van der Waals surface area contributed by atoms with Gasteiger partial charge >= 0.3 is 0 Å². The molecule has 4 heteroatoms. The zero-order valence-electron chi connectivity index (χ0n) is 15.2. The van der Waals surface area contributed by atoms with Crippen molar-refractivity contribution in [3.8, 4) is 0 Å². The molecule has 0 rings (SSSR count). The molecule has 0 saturated heterocycles. The van der Waals surface area contributed by atoms with Crippen LogP contribution in [0.3, 0.4) is 0 Å². The minimum absolute atomic E-state index is 0.187. The summed E-state index contributed by atoms with van der Waals surface area (Å²) >= 11 is 0. The maximum atomic E-state index is 11.6. The first-order valence-corrected chi connectivity index (χ1v) is 9.71. The number of primary amides is 1. The molecule has 0 aromatic heterocycles. The summed E-state index contributed by atoms with van der Waals surface area (Å²) in [5.74, 6) is 0.0314. The fraction of sp³-hybridized carbons (Fsp3) is 0.895. The molecule has 0 aliphatic carbocycles. The Labute approximate surface area is 143 Å². The third-order valence-electron chi connectivity index (χ3n) is 4.18. The number of unbranched alkanes of at least 4 members (excludes halogenated alkanes) is 11. The lowest BCUT2D eigenvalue weighted by molar-refractivity contribution is -0.121.